The van der Waals surface area contributed by atoms with Crippen LogP contribution in [0, 0.1) is 0 Å². The van der Waals surface area contributed by atoms with Crippen molar-refractivity contribution in [2.24, 2.45) is 0 Å². The van der Waals surface area contributed by atoms with Gasteiger partial charge in [-0.3, -0.25) is 0 Å². The minimum atomic E-state index is -2.05. The third-order valence-corrected chi connectivity index (χ3v) is 13.0. The molecule has 0 bridgehead atoms. The molecular formula is C54H36B2N2O4. The molecule has 0 atom stereocenters. The molecule has 0 saturated heterocycles. The van der Waals surface area contributed by atoms with Gasteiger partial charge in [-0.15, -0.1) is 0 Å². The molecule has 0 radical (unpaired) electrons. The van der Waals surface area contributed by atoms with Crippen molar-refractivity contribution in [1.29, 1.82) is 0 Å². The molecule has 6 nitrogen and oxygen atoms in total. The smallest absolute Gasteiger partial charge is 0.618 e. The van der Waals surface area contributed by atoms with Crippen LogP contribution in [0.1, 0.15) is 0 Å². The van der Waals surface area contributed by atoms with E-state index in [0.717, 1.165) is 89.7 Å². The van der Waals surface area contributed by atoms with E-state index in [1.54, 1.807) is 0 Å². The average Bonchev–Trinajstić information content (AvgIpc) is 3.34. The fourth-order valence-corrected chi connectivity index (χ4v) is 10.4. The van der Waals surface area contributed by atoms with Crippen LogP contribution < -0.4 is 38.5 Å². The molecule has 8 aromatic carbocycles. The monoisotopic (exact) mass is 798 g/mol. The maximum absolute atomic E-state index is 6.88. The summed E-state index contributed by atoms with van der Waals surface area (Å²) < 4.78 is 32.1. The second-order valence-electron chi connectivity index (χ2n) is 16.3. The second kappa shape index (κ2) is 13.2. The van der Waals surface area contributed by atoms with Gasteiger partial charge in [0, 0.05) is 24.3 Å². The molecule has 4 aliphatic rings. The number of aromatic nitrogens is 2. The third-order valence-electron chi connectivity index (χ3n) is 13.0. The van der Waals surface area contributed by atoms with Crippen LogP contribution in [-0.4, -0.2) is 13.4 Å². The third kappa shape index (κ3) is 4.89. The minimum absolute atomic E-state index is 0.840. The van der Waals surface area contributed by atoms with Crippen molar-refractivity contribution >= 4 is 45.8 Å². The fourth-order valence-electron chi connectivity index (χ4n) is 10.4. The van der Waals surface area contributed by atoms with E-state index in [2.05, 4.69) is 179 Å². The molecule has 8 heteroatoms. The maximum atomic E-state index is 6.88. The van der Waals surface area contributed by atoms with Crippen LogP contribution in [0.5, 0.6) is 23.0 Å². The number of rotatable bonds is 2. The summed E-state index contributed by atoms with van der Waals surface area (Å²) in [6.45, 7) is -4.10. The van der Waals surface area contributed by atoms with Gasteiger partial charge >= 0.3 is 13.4 Å². The van der Waals surface area contributed by atoms with E-state index in [-0.39, 0.29) is 0 Å². The summed E-state index contributed by atoms with van der Waals surface area (Å²) >= 11 is 0. The van der Waals surface area contributed by atoms with Gasteiger partial charge in [0.2, 0.25) is 0 Å². The number of para-hydroxylation sites is 4. The molecule has 0 amide bonds. The van der Waals surface area contributed by atoms with Gasteiger partial charge in [-0.25, -0.2) is 0 Å². The summed E-state index contributed by atoms with van der Waals surface area (Å²) in [5.74, 6) is 3.36. The Labute approximate surface area is 358 Å². The molecule has 2 aromatic heterocycles. The first-order chi connectivity index (χ1) is 30.7. The summed E-state index contributed by atoms with van der Waals surface area (Å²) in [6, 6.07) is 75.3. The van der Waals surface area contributed by atoms with Crippen LogP contribution in [-0.2, 0) is 0 Å². The highest BCUT2D eigenvalue weighted by Gasteiger charge is 2.58. The molecule has 0 N–H and O–H groups in total. The van der Waals surface area contributed by atoms with E-state index in [1.165, 1.54) is 10.8 Å². The molecule has 10 aromatic rings. The Morgan fingerprint density at radius 2 is 0.532 bits per heavy atom. The summed E-state index contributed by atoms with van der Waals surface area (Å²) in [5.41, 5.74) is 10.8. The summed E-state index contributed by atoms with van der Waals surface area (Å²) in [6.07, 6.45) is 0. The van der Waals surface area contributed by atoms with Gasteiger partial charge in [0.25, 0.3) is 0 Å². The maximum Gasteiger partial charge on any atom is 0.686 e. The Bertz CT molecular complexity index is 3110. The molecule has 0 spiro atoms. The van der Waals surface area contributed by atoms with Crippen LogP contribution in [0.3, 0.4) is 0 Å². The van der Waals surface area contributed by atoms with Gasteiger partial charge in [-0.1, -0.05) is 133 Å². The molecule has 4 aliphatic heterocycles. The van der Waals surface area contributed by atoms with Crippen molar-refractivity contribution in [3.63, 3.8) is 0 Å². The second-order valence-corrected chi connectivity index (χ2v) is 16.3. The normalized spacial score (nSPS) is 14.6. The minimum Gasteiger partial charge on any atom is -0.618 e. The SMILES string of the molecule is c1ccc2c(c1)O[B-]1(c3cccc4ccccc34)Oc3ccccc3-c3cccc-2[n+]31.c1ccc2c(c1)O[B-]1(c3cccc4ccccc34)Oc3ccccc3-c3cccc-2[n+]31. The van der Waals surface area contributed by atoms with E-state index in [9.17, 15) is 0 Å². The Morgan fingerprint density at radius 3 is 0.887 bits per heavy atom. The summed E-state index contributed by atoms with van der Waals surface area (Å²) in [4.78, 5) is 0. The standard InChI is InChI=1S/2C27H18BNO2/c2*1-2-11-20-19(9-1)10-7-14-23(20)28-29-24(21-12-3-5-17-26(21)30-28)15-8-16-25(29)22-13-4-6-18-27(22)31-28/h2*1-18H. The molecule has 0 aliphatic carbocycles. The van der Waals surface area contributed by atoms with Crippen LogP contribution in [0.2, 0.25) is 0 Å². The number of benzene rings is 8. The Balaban J connectivity index is 0.000000126. The quantitative estimate of drug-likeness (QED) is 0.164. The number of pyridine rings is 2. The van der Waals surface area contributed by atoms with Crippen molar-refractivity contribution in [1.82, 2.24) is 0 Å². The van der Waals surface area contributed by atoms with Gasteiger partial charge in [0.1, 0.15) is 0 Å². The first-order valence-electron chi connectivity index (χ1n) is 21.2. The number of hydrogen-bond donors (Lipinski definition) is 0. The first kappa shape index (κ1) is 34.7. The zero-order valence-corrected chi connectivity index (χ0v) is 33.5. The lowest BCUT2D eigenvalue weighted by molar-refractivity contribution is -0.549. The van der Waals surface area contributed by atoms with Gasteiger partial charge in [0.15, 0.2) is 22.8 Å². The van der Waals surface area contributed by atoms with Crippen molar-refractivity contribution in [2.45, 2.75) is 0 Å². The Morgan fingerprint density at radius 1 is 0.258 bits per heavy atom. The van der Waals surface area contributed by atoms with Gasteiger partial charge in [-0.05, 0) is 93.1 Å². The van der Waals surface area contributed by atoms with Gasteiger partial charge in [0.05, 0.1) is 45.3 Å². The summed E-state index contributed by atoms with van der Waals surface area (Å²) in [7, 11) is 0. The van der Waals surface area contributed by atoms with Crippen molar-refractivity contribution in [3.8, 4) is 68.0 Å². The van der Waals surface area contributed by atoms with Crippen molar-refractivity contribution < 1.29 is 27.6 Å². The molecule has 0 fully saturated rings. The lowest BCUT2D eigenvalue weighted by Crippen LogP contribution is -2.83. The number of fused-ring (bicyclic) bond motifs is 10. The number of nitrogens with zero attached hydrogens (tertiary/aromatic N) is 2. The molecule has 6 heterocycles. The molecular weight excluding hydrogens is 762 g/mol. The largest absolute Gasteiger partial charge is 0.686 e. The van der Waals surface area contributed by atoms with Crippen molar-refractivity contribution in [3.05, 3.63) is 218 Å². The van der Waals surface area contributed by atoms with E-state index in [1.807, 2.05) is 48.5 Å². The Hall–Kier alpha value is -8.09. The van der Waals surface area contributed by atoms with E-state index < -0.39 is 13.4 Å². The molecule has 292 valence electrons. The fraction of sp³-hybridized carbons (Fsp3) is 0. The highest BCUT2D eigenvalue weighted by Crippen LogP contribution is 2.43. The molecule has 62 heavy (non-hydrogen) atoms. The molecule has 14 rings (SSSR count). The topological polar surface area (TPSA) is 44.7 Å². The summed E-state index contributed by atoms with van der Waals surface area (Å²) in [5, 5.41) is 4.61. The zero-order chi connectivity index (χ0) is 40.8. The van der Waals surface area contributed by atoms with E-state index in [4.69, 9.17) is 18.6 Å². The van der Waals surface area contributed by atoms with Crippen molar-refractivity contribution in [2.75, 3.05) is 0 Å². The Kier molecular flexibility index (Phi) is 7.40. The lowest BCUT2D eigenvalue weighted by atomic mass is 9.58. The zero-order valence-electron chi connectivity index (χ0n) is 33.5. The van der Waals surface area contributed by atoms with Gasteiger partial charge < -0.3 is 27.6 Å². The van der Waals surface area contributed by atoms with E-state index in [0.29, 0.717) is 0 Å². The van der Waals surface area contributed by atoms with Gasteiger partial charge in [-0.2, -0.15) is 0 Å². The van der Waals surface area contributed by atoms with E-state index >= 15 is 0 Å². The van der Waals surface area contributed by atoms with Crippen LogP contribution in [0.15, 0.2) is 218 Å². The highest BCUT2D eigenvalue weighted by molar-refractivity contribution is 6.78. The average molecular weight is 799 g/mol. The van der Waals surface area contributed by atoms with Crippen LogP contribution in [0.25, 0.3) is 66.6 Å². The highest BCUT2D eigenvalue weighted by atomic mass is 16.6. The predicted octanol–water partition coefficient (Wildman–Crippen LogP) is 9.88. The lowest BCUT2D eigenvalue weighted by Gasteiger charge is -2.45. The van der Waals surface area contributed by atoms with Crippen LogP contribution >= 0.6 is 0 Å². The molecule has 0 saturated carbocycles. The van der Waals surface area contributed by atoms with Crippen LogP contribution in [0.4, 0.5) is 0 Å². The molecule has 0 unspecified atom stereocenters. The predicted molar refractivity (Wildman–Crippen MR) is 247 cm³/mol. The number of hydrogen-bond acceptors (Lipinski definition) is 4. The first-order valence-corrected chi connectivity index (χ1v) is 21.2.